The maximum Gasteiger partial charge on any atom is 0.416 e. The van der Waals surface area contributed by atoms with Gasteiger partial charge in [0.2, 0.25) is 0 Å². The Morgan fingerprint density at radius 1 is 1.15 bits per heavy atom. The van der Waals surface area contributed by atoms with Gasteiger partial charge in [-0.05, 0) is 12.1 Å². The monoisotopic (exact) mass is 384 g/mol. The number of nitro groups is 1. The molecule has 0 heterocycles. The fourth-order valence-electron chi connectivity index (χ4n) is 2.22. The molecular weight excluding hydrogens is 365 g/mol. The molecule has 0 aliphatic rings. The molecule has 5 N–H and O–H groups in total. The number of likely N-dealkylation sites (N-methyl/N-ethyl adjacent to an activating group) is 1. The van der Waals surface area contributed by atoms with Gasteiger partial charge >= 0.3 is 6.18 Å². The van der Waals surface area contributed by atoms with Gasteiger partial charge in [-0.25, -0.2) is 0 Å². The number of hydrogen-bond acceptors (Lipinski definition) is 8. The molecule has 0 radical (unpaired) electrons. The van der Waals surface area contributed by atoms with E-state index in [1.54, 1.807) is 0 Å². The van der Waals surface area contributed by atoms with Crippen LogP contribution >= 0.6 is 0 Å². The summed E-state index contributed by atoms with van der Waals surface area (Å²) in [5.74, 6) is 0. The van der Waals surface area contributed by atoms with Gasteiger partial charge in [0.15, 0.2) is 0 Å². The van der Waals surface area contributed by atoms with Crippen LogP contribution in [0, 0.1) is 10.1 Å². The molecule has 1 rings (SSSR count). The van der Waals surface area contributed by atoms with E-state index in [2.05, 4.69) is 0 Å². The molecule has 0 aromatic heterocycles. The number of hydrogen-bond donors (Lipinski definition) is 5. The highest BCUT2D eigenvalue weighted by Gasteiger charge is 2.35. The van der Waals surface area contributed by atoms with E-state index >= 15 is 0 Å². The van der Waals surface area contributed by atoms with Crippen LogP contribution in [0.1, 0.15) is 5.56 Å². The summed E-state index contributed by atoms with van der Waals surface area (Å²) in [6, 6.07) is 1.82. The second-order valence-corrected chi connectivity index (χ2v) is 5.64. The SMILES string of the molecule is CN(C[C@H](O)[C@H](O)[C@H](O)[C@H](O)CO)c1ccc(C(F)(F)F)cc1[N+](=O)[O-]. The normalized spacial score (nSPS) is 16.7. The van der Waals surface area contributed by atoms with Crippen LogP contribution in [0.5, 0.6) is 0 Å². The van der Waals surface area contributed by atoms with Crippen LogP contribution in [-0.2, 0) is 6.18 Å². The minimum Gasteiger partial charge on any atom is -0.394 e. The van der Waals surface area contributed by atoms with Gasteiger partial charge in [-0.1, -0.05) is 0 Å². The van der Waals surface area contributed by atoms with Gasteiger partial charge in [-0.2, -0.15) is 13.2 Å². The van der Waals surface area contributed by atoms with E-state index in [-0.39, 0.29) is 5.69 Å². The number of rotatable bonds is 8. The lowest BCUT2D eigenvalue weighted by Crippen LogP contribution is -2.49. The maximum absolute atomic E-state index is 12.7. The highest BCUT2D eigenvalue weighted by molar-refractivity contribution is 5.64. The molecular formula is C14H19F3N2O7. The predicted octanol–water partition coefficient (Wildman–Crippen LogP) is -0.514. The van der Waals surface area contributed by atoms with Gasteiger partial charge in [-0.3, -0.25) is 10.1 Å². The van der Waals surface area contributed by atoms with Crippen LogP contribution < -0.4 is 4.90 Å². The van der Waals surface area contributed by atoms with E-state index in [0.717, 1.165) is 11.0 Å². The highest BCUT2D eigenvalue weighted by atomic mass is 19.4. The summed E-state index contributed by atoms with van der Waals surface area (Å²) >= 11 is 0. The van der Waals surface area contributed by atoms with Crippen LogP contribution in [0.15, 0.2) is 18.2 Å². The van der Waals surface area contributed by atoms with Crippen molar-refractivity contribution in [2.24, 2.45) is 0 Å². The Morgan fingerprint density at radius 3 is 2.15 bits per heavy atom. The van der Waals surface area contributed by atoms with Crippen LogP contribution in [0.3, 0.4) is 0 Å². The topological polar surface area (TPSA) is 148 Å². The van der Waals surface area contributed by atoms with Gasteiger partial charge in [0, 0.05) is 19.7 Å². The predicted molar refractivity (Wildman–Crippen MR) is 82.5 cm³/mol. The summed E-state index contributed by atoms with van der Waals surface area (Å²) in [5.41, 5.74) is -2.34. The van der Waals surface area contributed by atoms with E-state index < -0.39 is 59.9 Å². The number of aliphatic hydroxyl groups is 5. The molecule has 1 aromatic rings. The number of aliphatic hydroxyl groups excluding tert-OH is 5. The Labute approximate surface area is 145 Å². The van der Waals surface area contributed by atoms with Gasteiger partial charge in [0.25, 0.3) is 5.69 Å². The van der Waals surface area contributed by atoms with Crippen molar-refractivity contribution in [2.75, 3.05) is 25.1 Å². The van der Waals surface area contributed by atoms with Crippen molar-refractivity contribution in [2.45, 2.75) is 30.6 Å². The first-order valence-corrected chi connectivity index (χ1v) is 7.30. The van der Waals surface area contributed by atoms with Crippen molar-refractivity contribution < 1.29 is 43.6 Å². The number of anilines is 1. The maximum atomic E-state index is 12.7. The molecule has 0 saturated carbocycles. The van der Waals surface area contributed by atoms with E-state index in [1.807, 2.05) is 0 Å². The van der Waals surface area contributed by atoms with E-state index in [1.165, 1.54) is 7.05 Å². The standard InChI is InChI=1S/C14H19F3N2O7/c1-18(5-10(21)12(23)13(24)11(22)6-20)8-3-2-7(14(15,16)17)4-9(8)19(25)26/h2-4,10-13,20-24H,5-6H2,1H3/t10-,11+,12-,13+/m0/s1. The molecule has 9 nitrogen and oxygen atoms in total. The first-order valence-electron chi connectivity index (χ1n) is 7.30. The lowest BCUT2D eigenvalue weighted by Gasteiger charge is -2.29. The molecule has 0 unspecified atom stereocenters. The zero-order valence-electron chi connectivity index (χ0n) is 13.5. The van der Waals surface area contributed by atoms with Crippen LogP contribution in [0.25, 0.3) is 0 Å². The number of nitro benzene ring substituents is 1. The Hall–Kier alpha value is -1.99. The minimum atomic E-state index is -4.78. The van der Waals surface area contributed by atoms with Gasteiger partial charge in [0.1, 0.15) is 24.0 Å². The fraction of sp³-hybridized carbons (Fsp3) is 0.571. The molecule has 12 heteroatoms. The first-order chi connectivity index (χ1) is 11.9. The molecule has 0 spiro atoms. The Balaban J connectivity index is 3.02. The van der Waals surface area contributed by atoms with Crippen molar-refractivity contribution in [1.29, 1.82) is 0 Å². The van der Waals surface area contributed by atoms with Crippen molar-refractivity contribution in [1.82, 2.24) is 0 Å². The molecule has 0 aliphatic carbocycles. The van der Waals surface area contributed by atoms with Gasteiger partial charge < -0.3 is 30.4 Å². The van der Waals surface area contributed by atoms with Crippen LogP contribution in [-0.4, -0.2) is 75.1 Å². The van der Waals surface area contributed by atoms with E-state index in [0.29, 0.717) is 12.1 Å². The third kappa shape index (κ3) is 5.25. The second-order valence-electron chi connectivity index (χ2n) is 5.64. The molecule has 4 atom stereocenters. The first kappa shape index (κ1) is 22.1. The lowest BCUT2D eigenvalue weighted by atomic mass is 10.0. The Kier molecular flexibility index (Phi) is 7.29. The molecule has 1 aromatic carbocycles. The Morgan fingerprint density at radius 2 is 1.69 bits per heavy atom. The highest BCUT2D eigenvalue weighted by Crippen LogP contribution is 2.36. The summed E-state index contributed by atoms with van der Waals surface area (Å²) in [6.45, 7) is -1.40. The average molecular weight is 384 g/mol. The summed E-state index contributed by atoms with van der Waals surface area (Å²) in [6.07, 6.45) is -12.0. The molecule has 0 aliphatic heterocycles. The fourth-order valence-corrected chi connectivity index (χ4v) is 2.22. The number of halogens is 3. The molecule has 0 fully saturated rings. The Bertz CT molecular complexity index is 629. The quantitative estimate of drug-likeness (QED) is 0.297. The largest absolute Gasteiger partial charge is 0.416 e. The number of nitrogens with zero attached hydrogens (tertiary/aromatic N) is 2. The molecule has 26 heavy (non-hydrogen) atoms. The number of alkyl halides is 3. The summed E-state index contributed by atoms with van der Waals surface area (Å²) in [5, 5.41) is 58.2. The smallest absolute Gasteiger partial charge is 0.394 e. The summed E-state index contributed by atoms with van der Waals surface area (Å²) in [4.78, 5) is 11.1. The third-order valence-electron chi connectivity index (χ3n) is 3.70. The number of benzene rings is 1. The molecule has 0 bridgehead atoms. The van der Waals surface area contributed by atoms with Crippen molar-refractivity contribution in [3.05, 3.63) is 33.9 Å². The van der Waals surface area contributed by atoms with E-state index in [9.17, 15) is 43.7 Å². The molecule has 148 valence electrons. The zero-order valence-corrected chi connectivity index (χ0v) is 13.5. The zero-order chi connectivity index (χ0) is 20.2. The lowest BCUT2D eigenvalue weighted by molar-refractivity contribution is -0.384. The van der Waals surface area contributed by atoms with Crippen molar-refractivity contribution >= 4 is 11.4 Å². The van der Waals surface area contributed by atoms with Crippen molar-refractivity contribution in [3.8, 4) is 0 Å². The van der Waals surface area contributed by atoms with Gasteiger partial charge in [0.05, 0.1) is 23.2 Å². The minimum absolute atomic E-state index is 0.258. The molecule has 0 saturated heterocycles. The van der Waals surface area contributed by atoms with Crippen molar-refractivity contribution in [3.63, 3.8) is 0 Å². The molecule has 0 amide bonds. The third-order valence-corrected chi connectivity index (χ3v) is 3.70. The second kappa shape index (κ2) is 8.60. The van der Waals surface area contributed by atoms with Gasteiger partial charge in [-0.15, -0.1) is 0 Å². The van der Waals surface area contributed by atoms with E-state index in [4.69, 9.17) is 5.11 Å². The van der Waals surface area contributed by atoms with Crippen LogP contribution in [0.4, 0.5) is 24.5 Å². The summed E-state index contributed by atoms with van der Waals surface area (Å²) < 4.78 is 38.1. The summed E-state index contributed by atoms with van der Waals surface area (Å²) in [7, 11) is 1.22. The average Bonchev–Trinajstić information content (AvgIpc) is 2.57. The van der Waals surface area contributed by atoms with Crippen LogP contribution in [0.2, 0.25) is 0 Å².